The minimum absolute atomic E-state index is 0.226. The molecule has 3 heterocycles. The molecule has 2 fully saturated rings. The maximum absolute atomic E-state index is 10.1. The Morgan fingerprint density at radius 3 is 2.88 bits per heavy atom. The fourth-order valence-electron chi connectivity index (χ4n) is 3.72. The number of nitriles is 1. The number of nitrogens with one attached hydrogen (secondary N) is 1. The Hall–Kier alpha value is -1.95. The lowest BCUT2D eigenvalue weighted by molar-refractivity contribution is 0.0455. The standard InChI is InChI=1S/C18H28N6O2/c1-23(2)9-14-7-15(25)10-24(14)17-8-16(21-13-22-17)20-12-18(11-19)3-5-26-6-4-18/h8,13-15,25H,3-7,9-10,12H2,1-2H3,(H,20,21,22)/t14-,15-/m1/s1. The summed E-state index contributed by atoms with van der Waals surface area (Å²) in [5, 5.41) is 23.0. The molecule has 0 radical (unpaired) electrons. The van der Waals surface area contributed by atoms with Crippen molar-refractivity contribution < 1.29 is 9.84 Å². The summed E-state index contributed by atoms with van der Waals surface area (Å²) in [7, 11) is 4.07. The highest BCUT2D eigenvalue weighted by Gasteiger charge is 2.34. The SMILES string of the molecule is CN(C)C[C@H]1C[C@@H](O)CN1c1cc(NCC2(C#N)CCOCC2)ncn1. The fourth-order valence-corrected chi connectivity index (χ4v) is 3.72. The van der Waals surface area contributed by atoms with E-state index in [2.05, 4.69) is 31.2 Å². The molecule has 2 aliphatic heterocycles. The first-order chi connectivity index (χ1) is 12.5. The Morgan fingerprint density at radius 1 is 1.42 bits per heavy atom. The van der Waals surface area contributed by atoms with Crippen molar-refractivity contribution in [3.05, 3.63) is 12.4 Å². The summed E-state index contributed by atoms with van der Waals surface area (Å²) >= 11 is 0. The predicted octanol–water partition coefficient (Wildman–Crippen LogP) is 0.710. The van der Waals surface area contributed by atoms with Crippen LogP contribution in [0.4, 0.5) is 11.6 Å². The predicted molar refractivity (Wildman–Crippen MR) is 98.9 cm³/mol. The second kappa shape index (κ2) is 8.16. The second-order valence-electron chi connectivity index (χ2n) is 7.58. The van der Waals surface area contributed by atoms with E-state index in [1.807, 2.05) is 20.2 Å². The molecule has 1 aromatic heterocycles. The molecule has 0 aliphatic carbocycles. The third kappa shape index (κ3) is 4.41. The number of nitrogens with zero attached hydrogens (tertiary/aromatic N) is 5. The molecule has 8 heteroatoms. The van der Waals surface area contributed by atoms with Gasteiger partial charge in [-0.25, -0.2) is 9.97 Å². The van der Waals surface area contributed by atoms with Crippen LogP contribution in [0.1, 0.15) is 19.3 Å². The summed E-state index contributed by atoms with van der Waals surface area (Å²) in [5.74, 6) is 1.52. The number of likely N-dealkylation sites (N-methyl/N-ethyl adjacent to an activating group) is 1. The summed E-state index contributed by atoms with van der Waals surface area (Å²) in [6.07, 6.45) is 3.41. The smallest absolute Gasteiger partial charge is 0.134 e. The highest BCUT2D eigenvalue weighted by molar-refractivity contribution is 5.50. The maximum Gasteiger partial charge on any atom is 0.134 e. The molecule has 0 spiro atoms. The zero-order valence-corrected chi connectivity index (χ0v) is 15.6. The van der Waals surface area contributed by atoms with Crippen molar-refractivity contribution in [1.82, 2.24) is 14.9 Å². The van der Waals surface area contributed by atoms with Crippen LogP contribution in [-0.4, -0.2) is 79.1 Å². The Bertz CT molecular complexity index is 641. The number of aliphatic hydroxyl groups is 1. The monoisotopic (exact) mass is 360 g/mol. The first kappa shape index (κ1) is 18.8. The molecule has 3 rings (SSSR count). The average Bonchev–Trinajstić information content (AvgIpc) is 3.00. The normalized spacial score (nSPS) is 25.3. The minimum Gasteiger partial charge on any atom is -0.391 e. The van der Waals surface area contributed by atoms with Crippen LogP contribution in [0.3, 0.4) is 0 Å². The van der Waals surface area contributed by atoms with E-state index in [-0.39, 0.29) is 12.1 Å². The molecule has 2 atom stereocenters. The van der Waals surface area contributed by atoms with E-state index < -0.39 is 5.41 Å². The molecule has 8 nitrogen and oxygen atoms in total. The first-order valence-corrected chi connectivity index (χ1v) is 9.16. The lowest BCUT2D eigenvalue weighted by Gasteiger charge is -2.31. The molecule has 0 unspecified atom stereocenters. The molecular weight excluding hydrogens is 332 g/mol. The van der Waals surface area contributed by atoms with Crippen LogP contribution < -0.4 is 10.2 Å². The molecule has 26 heavy (non-hydrogen) atoms. The molecule has 0 saturated carbocycles. The van der Waals surface area contributed by atoms with Crippen LogP contribution in [0.2, 0.25) is 0 Å². The first-order valence-electron chi connectivity index (χ1n) is 9.16. The topological polar surface area (TPSA) is 97.5 Å². The van der Waals surface area contributed by atoms with Gasteiger partial charge in [0.1, 0.15) is 18.0 Å². The number of ether oxygens (including phenoxy) is 1. The molecule has 142 valence electrons. The van der Waals surface area contributed by atoms with Gasteiger partial charge in [0.2, 0.25) is 0 Å². The molecular formula is C18H28N6O2. The van der Waals surface area contributed by atoms with Gasteiger partial charge in [0.25, 0.3) is 0 Å². The van der Waals surface area contributed by atoms with E-state index in [0.717, 1.165) is 31.6 Å². The molecule has 0 amide bonds. The van der Waals surface area contributed by atoms with Gasteiger partial charge in [-0.1, -0.05) is 0 Å². The van der Waals surface area contributed by atoms with E-state index in [9.17, 15) is 10.4 Å². The molecule has 2 saturated heterocycles. The Morgan fingerprint density at radius 2 is 2.19 bits per heavy atom. The maximum atomic E-state index is 10.1. The Kier molecular flexibility index (Phi) is 5.91. The number of hydrogen-bond donors (Lipinski definition) is 2. The van der Waals surface area contributed by atoms with Crippen molar-refractivity contribution in [2.45, 2.75) is 31.4 Å². The zero-order chi connectivity index (χ0) is 18.6. The lowest BCUT2D eigenvalue weighted by Crippen LogP contribution is -2.38. The number of β-amino-alcohol motifs (C(OH)–C–C–N with tert-alkyl or cyclic N) is 1. The van der Waals surface area contributed by atoms with Crippen molar-refractivity contribution in [3.8, 4) is 6.07 Å². The lowest BCUT2D eigenvalue weighted by atomic mass is 9.82. The van der Waals surface area contributed by atoms with Gasteiger partial charge < -0.3 is 25.0 Å². The molecule has 2 aliphatic rings. The zero-order valence-electron chi connectivity index (χ0n) is 15.6. The highest BCUT2D eigenvalue weighted by atomic mass is 16.5. The summed E-state index contributed by atoms with van der Waals surface area (Å²) in [6.45, 7) is 3.24. The average molecular weight is 360 g/mol. The highest BCUT2D eigenvalue weighted by Crippen LogP contribution is 2.30. The summed E-state index contributed by atoms with van der Waals surface area (Å²) in [5.41, 5.74) is -0.402. The van der Waals surface area contributed by atoms with Crippen LogP contribution in [-0.2, 0) is 4.74 Å². The van der Waals surface area contributed by atoms with Gasteiger partial charge in [-0.15, -0.1) is 0 Å². The van der Waals surface area contributed by atoms with Crippen LogP contribution in [0.15, 0.2) is 12.4 Å². The van der Waals surface area contributed by atoms with Crippen LogP contribution in [0.25, 0.3) is 0 Å². The molecule has 2 N–H and O–H groups in total. The van der Waals surface area contributed by atoms with Gasteiger partial charge >= 0.3 is 0 Å². The van der Waals surface area contributed by atoms with Crippen LogP contribution >= 0.6 is 0 Å². The Balaban J connectivity index is 1.69. The van der Waals surface area contributed by atoms with Gasteiger partial charge in [0, 0.05) is 45.0 Å². The van der Waals surface area contributed by atoms with Crippen molar-refractivity contribution in [3.63, 3.8) is 0 Å². The third-order valence-corrected chi connectivity index (χ3v) is 5.21. The van der Waals surface area contributed by atoms with E-state index in [1.165, 1.54) is 6.33 Å². The van der Waals surface area contributed by atoms with Crippen LogP contribution in [0, 0.1) is 16.7 Å². The fraction of sp³-hybridized carbons (Fsp3) is 0.722. The number of rotatable bonds is 6. The van der Waals surface area contributed by atoms with E-state index in [0.29, 0.717) is 32.1 Å². The molecule has 1 aromatic rings. The van der Waals surface area contributed by atoms with Gasteiger partial charge in [0.15, 0.2) is 0 Å². The minimum atomic E-state index is -0.402. The third-order valence-electron chi connectivity index (χ3n) is 5.21. The van der Waals surface area contributed by atoms with Crippen molar-refractivity contribution in [1.29, 1.82) is 5.26 Å². The van der Waals surface area contributed by atoms with Crippen LogP contribution in [0.5, 0.6) is 0 Å². The largest absolute Gasteiger partial charge is 0.391 e. The van der Waals surface area contributed by atoms with E-state index >= 15 is 0 Å². The van der Waals surface area contributed by atoms with Gasteiger partial charge in [-0.05, 0) is 33.4 Å². The second-order valence-corrected chi connectivity index (χ2v) is 7.58. The van der Waals surface area contributed by atoms with Gasteiger partial charge in [0.05, 0.1) is 17.6 Å². The number of aromatic nitrogens is 2. The quantitative estimate of drug-likeness (QED) is 0.765. The van der Waals surface area contributed by atoms with Gasteiger partial charge in [-0.2, -0.15) is 5.26 Å². The number of anilines is 2. The van der Waals surface area contributed by atoms with Crippen molar-refractivity contribution in [2.24, 2.45) is 5.41 Å². The number of aliphatic hydroxyl groups excluding tert-OH is 1. The Labute approximate surface area is 154 Å². The van der Waals surface area contributed by atoms with Crippen molar-refractivity contribution in [2.75, 3.05) is 57.2 Å². The van der Waals surface area contributed by atoms with Crippen molar-refractivity contribution >= 4 is 11.6 Å². The van der Waals surface area contributed by atoms with E-state index in [1.54, 1.807) is 0 Å². The summed E-state index contributed by atoms with van der Waals surface area (Å²) in [6, 6.07) is 4.59. The number of hydrogen-bond acceptors (Lipinski definition) is 8. The van der Waals surface area contributed by atoms with Gasteiger partial charge in [-0.3, -0.25) is 0 Å². The van der Waals surface area contributed by atoms with E-state index in [4.69, 9.17) is 4.74 Å². The summed E-state index contributed by atoms with van der Waals surface area (Å²) < 4.78 is 5.38. The summed E-state index contributed by atoms with van der Waals surface area (Å²) in [4.78, 5) is 13.0. The molecule has 0 aromatic carbocycles. The molecule has 0 bridgehead atoms.